The van der Waals surface area contributed by atoms with E-state index in [0.29, 0.717) is 24.6 Å². The van der Waals surface area contributed by atoms with Gasteiger partial charge >= 0.3 is 0 Å². The Hall–Kier alpha value is -2.06. The predicted octanol–water partition coefficient (Wildman–Crippen LogP) is 4.50. The highest BCUT2D eigenvalue weighted by atomic mass is 32.2. The van der Waals surface area contributed by atoms with Gasteiger partial charge in [-0.25, -0.2) is 4.98 Å². The average molecular weight is 377 g/mol. The molecule has 132 valence electrons. The first-order valence-corrected chi connectivity index (χ1v) is 9.73. The molecule has 2 aromatic heterocycles. The van der Waals surface area contributed by atoms with Gasteiger partial charge in [-0.1, -0.05) is 23.8 Å². The summed E-state index contributed by atoms with van der Waals surface area (Å²) in [6.07, 6.45) is 0.688. The zero-order valence-corrected chi connectivity index (χ0v) is 15.9. The number of aryl methyl sites for hydroxylation is 1. The van der Waals surface area contributed by atoms with Crippen molar-refractivity contribution in [1.82, 2.24) is 10.1 Å². The lowest BCUT2D eigenvalue weighted by Crippen LogP contribution is -2.24. The molecule has 0 aliphatic rings. The van der Waals surface area contributed by atoms with Crippen LogP contribution in [0.2, 0.25) is 0 Å². The largest absolute Gasteiger partial charge is 0.494 e. The molecule has 0 bridgehead atoms. The molecule has 0 saturated heterocycles. The van der Waals surface area contributed by atoms with E-state index in [9.17, 15) is 4.79 Å². The molecule has 2 heterocycles. The minimum atomic E-state index is -0.246. The van der Waals surface area contributed by atoms with Gasteiger partial charge in [-0.05, 0) is 38.5 Å². The Morgan fingerprint density at radius 2 is 2.24 bits per heavy atom. The fourth-order valence-electron chi connectivity index (χ4n) is 2.27. The molecular formula is C17H19N3O3S2. The number of hydrogen-bond acceptors (Lipinski definition) is 7. The quantitative estimate of drug-likeness (QED) is 0.611. The summed E-state index contributed by atoms with van der Waals surface area (Å²) in [6.45, 7) is 6.35. The second-order valence-electron chi connectivity index (χ2n) is 5.37. The van der Waals surface area contributed by atoms with Crippen LogP contribution in [0.5, 0.6) is 5.75 Å². The number of nitrogens with zero attached hydrogens (tertiary/aromatic N) is 2. The molecule has 0 aliphatic heterocycles. The molecule has 0 spiro atoms. The van der Waals surface area contributed by atoms with Crippen molar-refractivity contribution in [3.05, 3.63) is 30.0 Å². The molecule has 0 unspecified atom stereocenters. The fourth-order valence-corrected chi connectivity index (χ4v) is 4.53. The first-order valence-electron chi connectivity index (χ1n) is 8.03. The SMILES string of the molecule is CCOc1ccc2nc(S[C@@H](CC)C(=O)Nc3cc(C)on3)sc2c1. The van der Waals surface area contributed by atoms with E-state index < -0.39 is 0 Å². The number of carbonyl (C=O) groups is 1. The summed E-state index contributed by atoms with van der Waals surface area (Å²) in [5.74, 6) is 1.83. The Kier molecular flexibility index (Phi) is 5.60. The number of benzene rings is 1. The minimum absolute atomic E-state index is 0.102. The lowest BCUT2D eigenvalue weighted by molar-refractivity contribution is -0.115. The molecule has 0 radical (unpaired) electrons. The lowest BCUT2D eigenvalue weighted by atomic mass is 10.3. The molecule has 6 nitrogen and oxygen atoms in total. The summed E-state index contributed by atoms with van der Waals surface area (Å²) in [4.78, 5) is 17.1. The number of carbonyl (C=O) groups excluding carboxylic acids is 1. The van der Waals surface area contributed by atoms with Gasteiger partial charge < -0.3 is 14.6 Å². The molecule has 1 aromatic carbocycles. The second kappa shape index (κ2) is 7.88. The number of ether oxygens (including phenoxy) is 1. The van der Waals surface area contributed by atoms with Crippen molar-refractivity contribution < 1.29 is 14.1 Å². The number of rotatable bonds is 7. The van der Waals surface area contributed by atoms with E-state index >= 15 is 0 Å². The van der Waals surface area contributed by atoms with Gasteiger partial charge in [0, 0.05) is 6.07 Å². The molecule has 3 rings (SSSR count). The van der Waals surface area contributed by atoms with Crippen LogP contribution in [-0.4, -0.2) is 27.9 Å². The maximum absolute atomic E-state index is 12.5. The van der Waals surface area contributed by atoms with Crippen LogP contribution in [0, 0.1) is 6.92 Å². The third-order valence-electron chi connectivity index (χ3n) is 3.44. The average Bonchev–Trinajstić information content (AvgIpc) is 3.17. The van der Waals surface area contributed by atoms with Crippen LogP contribution in [0.4, 0.5) is 5.82 Å². The van der Waals surface area contributed by atoms with Gasteiger partial charge in [-0.15, -0.1) is 11.3 Å². The molecular weight excluding hydrogens is 358 g/mol. The Bertz CT molecular complexity index is 875. The van der Waals surface area contributed by atoms with Gasteiger partial charge in [0.25, 0.3) is 0 Å². The van der Waals surface area contributed by atoms with Crippen molar-refractivity contribution >= 4 is 45.0 Å². The van der Waals surface area contributed by atoms with Crippen molar-refractivity contribution in [3.8, 4) is 5.75 Å². The Labute approximate surface area is 153 Å². The number of anilines is 1. The van der Waals surface area contributed by atoms with Gasteiger partial charge in [0.2, 0.25) is 5.91 Å². The highest BCUT2D eigenvalue weighted by Crippen LogP contribution is 2.35. The van der Waals surface area contributed by atoms with Crippen LogP contribution in [0.25, 0.3) is 10.2 Å². The van der Waals surface area contributed by atoms with Gasteiger partial charge in [0.05, 0.1) is 22.1 Å². The predicted molar refractivity (Wildman–Crippen MR) is 101 cm³/mol. The molecule has 8 heteroatoms. The maximum atomic E-state index is 12.5. The number of aromatic nitrogens is 2. The van der Waals surface area contributed by atoms with Crippen LogP contribution in [-0.2, 0) is 4.79 Å². The summed E-state index contributed by atoms with van der Waals surface area (Å²) in [5, 5.41) is 6.34. The fraction of sp³-hybridized carbons (Fsp3) is 0.353. The molecule has 1 amide bonds. The smallest absolute Gasteiger partial charge is 0.239 e. The van der Waals surface area contributed by atoms with E-state index in [1.54, 1.807) is 24.3 Å². The number of thiazole rings is 1. The molecule has 0 saturated carbocycles. The van der Waals surface area contributed by atoms with E-state index in [0.717, 1.165) is 20.3 Å². The summed E-state index contributed by atoms with van der Waals surface area (Å²) in [6, 6.07) is 7.54. The molecule has 25 heavy (non-hydrogen) atoms. The van der Waals surface area contributed by atoms with Crippen LogP contribution < -0.4 is 10.1 Å². The lowest BCUT2D eigenvalue weighted by Gasteiger charge is -2.11. The second-order valence-corrected chi connectivity index (χ2v) is 7.85. The maximum Gasteiger partial charge on any atom is 0.239 e. The summed E-state index contributed by atoms with van der Waals surface area (Å²) >= 11 is 3.03. The van der Waals surface area contributed by atoms with Gasteiger partial charge in [-0.3, -0.25) is 4.79 Å². The number of fused-ring (bicyclic) bond motifs is 1. The topological polar surface area (TPSA) is 77.2 Å². The van der Waals surface area contributed by atoms with E-state index in [1.807, 2.05) is 32.0 Å². The number of nitrogens with one attached hydrogen (secondary N) is 1. The third-order valence-corrected chi connectivity index (χ3v) is 5.91. The Morgan fingerprint density at radius 1 is 1.40 bits per heavy atom. The highest BCUT2D eigenvalue weighted by Gasteiger charge is 2.21. The van der Waals surface area contributed by atoms with E-state index in [1.165, 1.54) is 11.8 Å². The number of amides is 1. The van der Waals surface area contributed by atoms with Crippen molar-refractivity contribution in [2.45, 2.75) is 36.8 Å². The number of thioether (sulfide) groups is 1. The van der Waals surface area contributed by atoms with Crippen LogP contribution >= 0.6 is 23.1 Å². The van der Waals surface area contributed by atoms with Crippen molar-refractivity contribution in [2.24, 2.45) is 0 Å². The van der Waals surface area contributed by atoms with Crippen LogP contribution in [0.1, 0.15) is 26.0 Å². The van der Waals surface area contributed by atoms with Gasteiger partial charge in [0.15, 0.2) is 10.2 Å². The van der Waals surface area contributed by atoms with Gasteiger partial charge in [-0.2, -0.15) is 0 Å². The minimum Gasteiger partial charge on any atom is -0.494 e. The van der Waals surface area contributed by atoms with E-state index in [-0.39, 0.29) is 11.2 Å². The van der Waals surface area contributed by atoms with Crippen LogP contribution in [0.3, 0.4) is 0 Å². The molecule has 1 atom stereocenters. The van der Waals surface area contributed by atoms with E-state index in [2.05, 4.69) is 15.5 Å². The van der Waals surface area contributed by atoms with Crippen molar-refractivity contribution in [2.75, 3.05) is 11.9 Å². The first kappa shape index (κ1) is 17.8. The van der Waals surface area contributed by atoms with Gasteiger partial charge in [0.1, 0.15) is 11.5 Å². The molecule has 3 aromatic rings. The van der Waals surface area contributed by atoms with E-state index in [4.69, 9.17) is 9.26 Å². The van der Waals surface area contributed by atoms with Crippen molar-refractivity contribution in [3.63, 3.8) is 0 Å². The molecule has 1 N–H and O–H groups in total. The number of hydrogen-bond donors (Lipinski definition) is 1. The Balaban J connectivity index is 1.72. The Morgan fingerprint density at radius 3 is 2.92 bits per heavy atom. The third kappa shape index (κ3) is 4.32. The molecule has 0 aliphatic carbocycles. The summed E-state index contributed by atoms with van der Waals surface area (Å²) in [5.41, 5.74) is 0.915. The summed E-state index contributed by atoms with van der Waals surface area (Å²) < 4.78 is 12.4. The van der Waals surface area contributed by atoms with Crippen LogP contribution in [0.15, 0.2) is 33.1 Å². The normalized spacial score (nSPS) is 12.3. The standard InChI is InChI=1S/C17H19N3O3S2/c1-4-13(16(21)19-15-8-10(3)23-20-15)24-17-18-12-7-6-11(22-5-2)9-14(12)25-17/h6-9,13H,4-5H2,1-3H3,(H,19,20,21)/t13-/m0/s1. The first-order chi connectivity index (χ1) is 12.1. The zero-order chi connectivity index (χ0) is 17.8. The van der Waals surface area contributed by atoms with Crippen molar-refractivity contribution in [1.29, 1.82) is 0 Å². The monoisotopic (exact) mass is 377 g/mol. The molecule has 0 fully saturated rings. The zero-order valence-electron chi connectivity index (χ0n) is 14.2. The summed E-state index contributed by atoms with van der Waals surface area (Å²) in [7, 11) is 0. The highest BCUT2D eigenvalue weighted by molar-refractivity contribution is 8.02.